The minimum Gasteiger partial charge on any atom is -0.339 e. The molecule has 2 aliphatic rings. The van der Waals surface area contributed by atoms with Crippen LogP contribution < -0.4 is 5.32 Å². The molecule has 2 amide bonds. The summed E-state index contributed by atoms with van der Waals surface area (Å²) < 4.78 is 0. The Kier molecular flexibility index (Phi) is 3.92. The van der Waals surface area contributed by atoms with Crippen molar-refractivity contribution in [1.82, 2.24) is 9.88 Å². The predicted octanol–water partition coefficient (Wildman–Crippen LogP) is 2.96. The average molecular weight is 323 g/mol. The molecule has 1 aliphatic carbocycles. The Labute approximate surface area is 141 Å². The summed E-state index contributed by atoms with van der Waals surface area (Å²) in [5.41, 5.74) is 1.66. The van der Waals surface area contributed by atoms with Crippen LogP contribution in [0.1, 0.15) is 32.1 Å². The van der Waals surface area contributed by atoms with Crippen LogP contribution in [0.3, 0.4) is 0 Å². The van der Waals surface area contributed by atoms with E-state index in [1.165, 1.54) is 12.8 Å². The highest BCUT2D eigenvalue weighted by atomic mass is 16.2. The molecule has 1 saturated heterocycles. The molecule has 1 saturated carbocycles. The van der Waals surface area contributed by atoms with E-state index >= 15 is 0 Å². The third-order valence-electron chi connectivity index (χ3n) is 5.17. The van der Waals surface area contributed by atoms with Gasteiger partial charge in [-0.2, -0.15) is 0 Å². The zero-order valence-electron chi connectivity index (χ0n) is 13.6. The molecule has 24 heavy (non-hydrogen) atoms. The average Bonchev–Trinajstić information content (AvgIpc) is 3.24. The fourth-order valence-corrected chi connectivity index (χ4v) is 3.87. The van der Waals surface area contributed by atoms with Crippen molar-refractivity contribution in [3.05, 3.63) is 36.5 Å². The summed E-state index contributed by atoms with van der Waals surface area (Å²) in [6.07, 6.45) is 6.63. The maximum absolute atomic E-state index is 12.6. The number of benzene rings is 1. The van der Waals surface area contributed by atoms with E-state index in [1.807, 2.05) is 35.2 Å². The number of nitrogens with one attached hydrogen (secondary N) is 1. The Bertz CT molecular complexity index is 783. The summed E-state index contributed by atoms with van der Waals surface area (Å²) in [6, 6.07) is 9.88. The maximum Gasteiger partial charge on any atom is 0.229 e. The zero-order chi connectivity index (χ0) is 16.5. The first-order valence-electron chi connectivity index (χ1n) is 8.66. The van der Waals surface area contributed by atoms with Crippen LogP contribution in [0.4, 0.5) is 5.69 Å². The van der Waals surface area contributed by atoms with Gasteiger partial charge in [0.15, 0.2) is 0 Å². The van der Waals surface area contributed by atoms with Crippen LogP contribution in [0.15, 0.2) is 36.5 Å². The highest BCUT2D eigenvalue weighted by Crippen LogP contribution is 2.30. The Morgan fingerprint density at radius 2 is 2.04 bits per heavy atom. The minimum atomic E-state index is -0.248. The molecule has 124 valence electrons. The summed E-state index contributed by atoms with van der Waals surface area (Å²) >= 11 is 0. The fraction of sp³-hybridized carbons (Fsp3) is 0.421. The number of carbonyl (C=O) groups is 2. The van der Waals surface area contributed by atoms with Crippen LogP contribution >= 0.6 is 0 Å². The van der Waals surface area contributed by atoms with Gasteiger partial charge in [-0.05, 0) is 37.1 Å². The lowest BCUT2D eigenvalue weighted by Gasteiger charge is -2.23. The number of carbonyl (C=O) groups excluding carboxylic acids is 2. The number of pyridine rings is 1. The first-order valence-corrected chi connectivity index (χ1v) is 8.66. The smallest absolute Gasteiger partial charge is 0.229 e. The maximum atomic E-state index is 12.6. The number of fused-ring (bicyclic) bond motifs is 1. The van der Waals surface area contributed by atoms with Crippen LogP contribution in [0, 0.1) is 5.92 Å². The molecule has 2 heterocycles. The van der Waals surface area contributed by atoms with Crippen molar-refractivity contribution < 1.29 is 9.59 Å². The van der Waals surface area contributed by atoms with E-state index in [0.717, 1.165) is 29.4 Å². The molecule has 1 aromatic heterocycles. The largest absolute Gasteiger partial charge is 0.339 e. The summed E-state index contributed by atoms with van der Waals surface area (Å²) in [6.45, 7) is 0.560. The Morgan fingerprint density at radius 3 is 2.88 bits per heavy atom. The van der Waals surface area contributed by atoms with E-state index in [-0.39, 0.29) is 17.7 Å². The first kappa shape index (κ1) is 15.1. The molecule has 0 radical (unpaired) electrons. The van der Waals surface area contributed by atoms with Crippen molar-refractivity contribution in [2.24, 2.45) is 5.92 Å². The summed E-state index contributed by atoms with van der Waals surface area (Å²) in [5.74, 6) is -0.181. The third-order valence-corrected chi connectivity index (χ3v) is 5.17. The topological polar surface area (TPSA) is 62.3 Å². The van der Waals surface area contributed by atoms with Gasteiger partial charge >= 0.3 is 0 Å². The van der Waals surface area contributed by atoms with Gasteiger partial charge in [-0.3, -0.25) is 14.6 Å². The number of hydrogen-bond acceptors (Lipinski definition) is 3. The second-order valence-corrected chi connectivity index (χ2v) is 6.79. The van der Waals surface area contributed by atoms with Crippen molar-refractivity contribution >= 4 is 28.4 Å². The highest BCUT2D eigenvalue weighted by molar-refractivity contribution is 5.98. The van der Waals surface area contributed by atoms with Crippen molar-refractivity contribution in [2.75, 3.05) is 11.9 Å². The van der Waals surface area contributed by atoms with Gasteiger partial charge in [0.25, 0.3) is 0 Å². The number of rotatable bonds is 3. The predicted molar refractivity (Wildman–Crippen MR) is 92.4 cm³/mol. The monoisotopic (exact) mass is 323 g/mol. The van der Waals surface area contributed by atoms with Gasteiger partial charge < -0.3 is 10.2 Å². The van der Waals surface area contributed by atoms with Crippen LogP contribution in [-0.2, 0) is 9.59 Å². The lowest BCUT2D eigenvalue weighted by atomic mass is 10.1. The van der Waals surface area contributed by atoms with E-state index in [9.17, 15) is 9.59 Å². The summed E-state index contributed by atoms with van der Waals surface area (Å²) in [5, 5.41) is 3.95. The van der Waals surface area contributed by atoms with Crippen molar-refractivity contribution in [3.63, 3.8) is 0 Å². The molecule has 0 spiro atoms. The molecular formula is C19H21N3O2. The quantitative estimate of drug-likeness (QED) is 0.944. The normalized spacial score (nSPS) is 21.6. The fourth-order valence-electron chi connectivity index (χ4n) is 3.87. The van der Waals surface area contributed by atoms with Crippen LogP contribution in [-0.4, -0.2) is 34.3 Å². The Hall–Kier alpha value is -2.43. The second-order valence-electron chi connectivity index (χ2n) is 6.79. The summed E-state index contributed by atoms with van der Waals surface area (Å²) in [4.78, 5) is 31.0. The molecule has 1 atom stereocenters. The highest BCUT2D eigenvalue weighted by Gasteiger charge is 2.38. The molecule has 1 aromatic carbocycles. The lowest BCUT2D eigenvalue weighted by Crippen LogP contribution is -2.35. The molecule has 1 aliphatic heterocycles. The molecule has 0 bridgehead atoms. The van der Waals surface area contributed by atoms with Gasteiger partial charge in [0.05, 0.1) is 11.4 Å². The number of anilines is 1. The first-order chi connectivity index (χ1) is 11.7. The summed E-state index contributed by atoms with van der Waals surface area (Å²) in [7, 11) is 0. The lowest BCUT2D eigenvalue weighted by molar-refractivity contribution is -0.129. The number of likely N-dealkylation sites (tertiary alicyclic amines) is 1. The number of aromatic nitrogens is 1. The van der Waals surface area contributed by atoms with Crippen LogP contribution in [0.2, 0.25) is 0 Å². The van der Waals surface area contributed by atoms with E-state index in [4.69, 9.17) is 0 Å². The van der Waals surface area contributed by atoms with Crippen LogP contribution in [0.5, 0.6) is 0 Å². The number of hydrogen-bond donors (Lipinski definition) is 1. The van der Waals surface area contributed by atoms with Crippen LogP contribution in [0.25, 0.3) is 10.9 Å². The number of amides is 2. The molecule has 1 N–H and O–H groups in total. The van der Waals surface area contributed by atoms with Gasteiger partial charge in [-0.1, -0.05) is 18.9 Å². The van der Waals surface area contributed by atoms with Crippen molar-refractivity contribution in [2.45, 2.75) is 38.1 Å². The standard InChI is InChI=1S/C19H21N3O2/c23-18-11-14(12-22(18)16-5-1-2-6-16)19(24)21-15-7-8-17-13(10-15)4-3-9-20-17/h3-4,7-10,14,16H,1-2,5-6,11-12H2,(H,21,24). The van der Waals surface area contributed by atoms with E-state index in [0.29, 0.717) is 19.0 Å². The molecule has 4 rings (SSSR count). The third kappa shape index (κ3) is 2.86. The minimum absolute atomic E-state index is 0.0629. The van der Waals surface area contributed by atoms with Gasteiger partial charge in [0, 0.05) is 36.3 Å². The SMILES string of the molecule is O=C(Nc1ccc2ncccc2c1)C1CC(=O)N(C2CCCC2)C1. The Balaban J connectivity index is 1.44. The molecule has 5 nitrogen and oxygen atoms in total. The molecule has 1 unspecified atom stereocenters. The van der Waals surface area contributed by atoms with Crippen molar-refractivity contribution in [3.8, 4) is 0 Å². The van der Waals surface area contributed by atoms with E-state index in [2.05, 4.69) is 10.3 Å². The second kappa shape index (κ2) is 6.23. The van der Waals surface area contributed by atoms with Gasteiger partial charge in [0.2, 0.25) is 11.8 Å². The zero-order valence-corrected chi connectivity index (χ0v) is 13.6. The molecule has 2 fully saturated rings. The molecule has 5 heteroatoms. The molecular weight excluding hydrogens is 302 g/mol. The Morgan fingerprint density at radius 1 is 1.21 bits per heavy atom. The van der Waals surface area contributed by atoms with E-state index < -0.39 is 0 Å². The van der Waals surface area contributed by atoms with Crippen molar-refractivity contribution in [1.29, 1.82) is 0 Å². The number of nitrogens with zero attached hydrogens (tertiary/aromatic N) is 2. The molecule has 2 aromatic rings. The van der Waals surface area contributed by atoms with Gasteiger partial charge in [0.1, 0.15) is 0 Å². The van der Waals surface area contributed by atoms with Gasteiger partial charge in [-0.25, -0.2) is 0 Å². The van der Waals surface area contributed by atoms with Gasteiger partial charge in [-0.15, -0.1) is 0 Å². The van der Waals surface area contributed by atoms with E-state index in [1.54, 1.807) is 6.20 Å².